The second-order valence-electron chi connectivity index (χ2n) is 4.27. The number of hydrogen-bond acceptors (Lipinski definition) is 2. The van der Waals surface area contributed by atoms with Crippen molar-refractivity contribution in [3.8, 4) is 0 Å². The number of fused-ring (bicyclic) bond motifs is 1. The Morgan fingerprint density at radius 3 is 2.62 bits per heavy atom. The number of benzene rings is 1. The molecule has 2 aromatic rings. The molecule has 1 saturated carbocycles. The van der Waals surface area contributed by atoms with Crippen LogP contribution in [0.1, 0.15) is 12.0 Å². The van der Waals surface area contributed by atoms with E-state index in [0.717, 1.165) is 10.9 Å². The first kappa shape index (κ1) is 9.66. The second kappa shape index (κ2) is 2.77. The molecule has 82 valence electrons. The number of nitrogens with two attached hydrogens (primary N) is 1. The van der Waals surface area contributed by atoms with Crippen LogP contribution >= 0.6 is 0 Å². The molecule has 1 aromatic carbocycles. The predicted molar refractivity (Wildman–Crippen MR) is 57.2 cm³/mol. The van der Waals surface area contributed by atoms with E-state index >= 15 is 0 Å². The largest absolute Gasteiger partial charge is 0.316 e. The molecule has 3 rings (SSSR count). The van der Waals surface area contributed by atoms with Crippen LogP contribution in [-0.2, 0) is 5.54 Å². The van der Waals surface area contributed by atoms with Crippen molar-refractivity contribution in [2.24, 2.45) is 5.73 Å². The summed E-state index contributed by atoms with van der Waals surface area (Å²) in [5.74, 6) is -2.79. The van der Waals surface area contributed by atoms with Crippen LogP contribution in [0.25, 0.3) is 10.9 Å². The number of rotatable bonds is 1. The third-order valence-electron chi connectivity index (χ3n) is 3.13. The van der Waals surface area contributed by atoms with Gasteiger partial charge in [-0.3, -0.25) is 4.98 Å². The van der Waals surface area contributed by atoms with Gasteiger partial charge in [-0.25, -0.2) is 8.78 Å². The van der Waals surface area contributed by atoms with Gasteiger partial charge in [0.05, 0.1) is 5.52 Å². The van der Waals surface area contributed by atoms with Gasteiger partial charge in [0, 0.05) is 18.0 Å². The molecule has 16 heavy (non-hydrogen) atoms. The molecule has 0 radical (unpaired) electrons. The van der Waals surface area contributed by atoms with Gasteiger partial charge in [-0.2, -0.15) is 0 Å². The minimum Gasteiger partial charge on any atom is -0.316 e. The van der Waals surface area contributed by atoms with Gasteiger partial charge in [0.2, 0.25) is 0 Å². The minimum absolute atomic E-state index is 0.292. The second-order valence-corrected chi connectivity index (χ2v) is 4.27. The molecule has 0 spiro atoms. The van der Waals surface area contributed by atoms with Crippen LogP contribution in [0.5, 0.6) is 0 Å². The van der Waals surface area contributed by atoms with Crippen LogP contribution < -0.4 is 5.73 Å². The SMILES string of the molecule is NC1(c2cnc3ccccc3c2)CC1(F)F. The van der Waals surface area contributed by atoms with Gasteiger partial charge in [0.15, 0.2) is 0 Å². The van der Waals surface area contributed by atoms with Crippen LogP contribution in [0.3, 0.4) is 0 Å². The number of pyridine rings is 1. The first-order valence-corrected chi connectivity index (χ1v) is 5.05. The molecule has 0 bridgehead atoms. The molecular weight excluding hydrogens is 210 g/mol. The summed E-state index contributed by atoms with van der Waals surface area (Å²) in [5.41, 5.74) is 5.34. The van der Waals surface area contributed by atoms with Crippen LogP contribution in [0.4, 0.5) is 8.78 Å². The standard InChI is InChI=1S/C12H10F2N2/c13-12(14)7-11(12,15)9-5-8-3-1-2-4-10(8)16-6-9/h1-6H,7,15H2. The molecule has 4 heteroatoms. The van der Waals surface area contributed by atoms with Crippen molar-refractivity contribution in [3.05, 3.63) is 42.1 Å². The smallest absolute Gasteiger partial charge is 0.272 e. The minimum atomic E-state index is -2.79. The molecular formula is C12H10F2N2. The Hall–Kier alpha value is -1.55. The zero-order valence-corrected chi connectivity index (χ0v) is 8.45. The highest BCUT2D eigenvalue weighted by Crippen LogP contribution is 2.57. The van der Waals surface area contributed by atoms with Gasteiger partial charge in [0.1, 0.15) is 5.54 Å². The summed E-state index contributed by atoms with van der Waals surface area (Å²) in [6.07, 6.45) is 1.16. The highest BCUT2D eigenvalue weighted by Gasteiger charge is 2.70. The number of alkyl halides is 2. The van der Waals surface area contributed by atoms with Crippen molar-refractivity contribution in [1.82, 2.24) is 4.98 Å². The maximum atomic E-state index is 13.1. The van der Waals surface area contributed by atoms with Gasteiger partial charge in [-0.05, 0) is 17.7 Å². The molecule has 1 unspecified atom stereocenters. The topological polar surface area (TPSA) is 38.9 Å². The molecule has 1 aliphatic rings. The first-order valence-electron chi connectivity index (χ1n) is 5.05. The Bertz CT molecular complexity index is 568. The number of halogens is 2. The molecule has 0 aliphatic heterocycles. The van der Waals surface area contributed by atoms with Crippen molar-refractivity contribution in [2.45, 2.75) is 17.9 Å². The van der Waals surface area contributed by atoms with E-state index in [1.54, 1.807) is 6.07 Å². The molecule has 1 atom stereocenters. The summed E-state index contributed by atoms with van der Waals surface area (Å²) in [6.45, 7) is 0. The Balaban J connectivity index is 2.14. The maximum absolute atomic E-state index is 13.1. The molecule has 1 heterocycles. The van der Waals surface area contributed by atoms with E-state index in [9.17, 15) is 8.78 Å². The van der Waals surface area contributed by atoms with Gasteiger partial charge < -0.3 is 5.73 Å². The highest BCUT2D eigenvalue weighted by molar-refractivity contribution is 5.79. The predicted octanol–water partition coefficient (Wildman–Crippen LogP) is 2.43. The number of hydrogen-bond donors (Lipinski definition) is 1. The van der Waals surface area contributed by atoms with Crippen molar-refractivity contribution in [2.75, 3.05) is 0 Å². The van der Waals surface area contributed by atoms with Crippen LogP contribution in [0.2, 0.25) is 0 Å². The summed E-state index contributed by atoms with van der Waals surface area (Å²) in [6, 6.07) is 9.09. The molecule has 0 amide bonds. The molecule has 2 nitrogen and oxygen atoms in total. The third-order valence-corrected chi connectivity index (χ3v) is 3.13. The Morgan fingerprint density at radius 2 is 1.94 bits per heavy atom. The first-order chi connectivity index (χ1) is 7.53. The van der Waals surface area contributed by atoms with Gasteiger partial charge >= 0.3 is 0 Å². The maximum Gasteiger partial charge on any atom is 0.272 e. The molecule has 2 N–H and O–H groups in total. The van der Waals surface area contributed by atoms with Gasteiger partial charge in [-0.15, -0.1) is 0 Å². The highest BCUT2D eigenvalue weighted by atomic mass is 19.3. The molecule has 0 saturated heterocycles. The van der Waals surface area contributed by atoms with E-state index < -0.39 is 11.5 Å². The average Bonchev–Trinajstić information content (AvgIpc) is 2.79. The Kier molecular flexibility index (Phi) is 1.67. The van der Waals surface area contributed by atoms with Crippen molar-refractivity contribution < 1.29 is 8.78 Å². The number of para-hydroxylation sites is 1. The average molecular weight is 220 g/mol. The summed E-state index contributed by atoms with van der Waals surface area (Å²) >= 11 is 0. The summed E-state index contributed by atoms with van der Waals surface area (Å²) in [4.78, 5) is 4.14. The van der Waals surface area contributed by atoms with Crippen LogP contribution in [0, 0.1) is 0 Å². The molecule has 1 aromatic heterocycles. The van der Waals surface area contributed by atoms with E-state index in [4.69, 9.17) is 5.73 Å². The lowest BCUT2D eigenvalue weighted by Crippen LogP contribution is -2.27. The van der Waals surface area contributed by atoms with Gasteiger partial charge in [0.25, 0.3) is 5.92 Å². The van der Waals surface area contributed by atoms with Crippen LogP contribution in [0.15, 0.2) is 36.5 Å². The summed E-state index contributed by atoms with van der Waals surface area (Å²) in [7, 11) is 0. The third kappa shape index (κ3) is 1.16. The van der Waals surface area contributed by atoms with E-state index in [1.807, 2.05) is 24.3 Å². The van der Waals surface area contributed by atoms with Crippen molar-refractivity contribution in [1.29, 1.82) is 0 Å². The fraction of sp³-hybridized carbons (Fsp3) is 0.250. The summed E-state index contributed by atoms with van der Waals surface area (Å²) in [5, 5.41) is 0.840. The zero-order valence-electron chi connectivity index (χ0n) is 8.45. The molecule has 1 aliphatic carbocycles. The fourth-order valence-electron chi connectivity index (χ4n) is 1.93. The van der Waals surface area contributed by atoms with Gasteiger partial charge in [-0.1, -0.05) is 18.2 Å². The fourth-order valence-corrected chi connectivity index (χ4v) is 1.93. The van der Waals surface area contributed by atoms with Crippen molar-refractivity contribution in [3.63, 3.8) is 0 Å². The van der Waals surface area contributed by atoms with E-state index in [-0.39, 0.29) is 6.42 Å². The van der Waals surface area contributed by atoms with E-state index in [0.29, 0.717) is 5.56 Å². The lowest BCUT2D eigenvalue weighted by Gasteiger charge is -2.10. The van der Waals surface area contributed by atoms with Crippen molar-refractivity contribution >= 4 is 10.9 Å². The number of aromatic nitrogens is 1. The normalized spacial score (nSPS) is 26.9. The van der Waals surface area contributed by atoms with Crippen LogP contribution in [-0.4, -0.2) is 10.9 Å². The molecule has 1 fully saturated rings. The lowest BCUT2D eigenvalue weighted by molar-refractivity contribution is 0.0891. The summed E-state index contributed by atoms with van der Waals surface area (Å²) < 4.78 is 26.2. The Labute approximate surface area is 91.1 Å². The Morgan fingerprint density at radius 1 is 1.25 bits per heavy atom. The van der Waals surface area contributed by atoms with E-state index in [1.165, 1.54) is 6.20 Å². The lowest BCUT2D eigenvalue weighted by atomic mass is 10.1. The quantitative estimate of drug-likeness (QED) is 0.801. The monoisotopic (exact) mass is 220 g/mol. The number of nitrogens with zero attached hydrogens (tertiary/aromatic N) is 1. The zero-order chi connectivity index (χ0) is 11.4. The van der Waals surface area contributed by atoms with E-state index in [2.05, 4.69) is 4.98 Å².